The Balaban J connectivity index is 1.92. The van der Waals surface area contributed by atoms with Gasteiger partial charge in [-0.1, -0.05) is 31.2 Å². The van der Waals surface area contributed by atoms with E-state index in [1.54, 1.807) is 0 Å². The number of rotatable bonds is 6. The fourth-order valence-electron chi connectivity index (χ4n) is 2.77. The molecule has 0 aliphatic carbocycles. The maximum absolute atomic E-state index is 12.2. The molecule has 1 aliphatic heterocycles. The van der Waals surface area contributed by atoms with Crippen molar-refractivity contribution in [3.63, 3.8) is 0 Å². The van der Waals surface area contributed by atoms with Crippen molar-refractivity contribution < 1.29 is 14.3 Å². The van der Waals surface area contributed by atoms with Gasteiger partial charge in [-0.05, 0) is 37.3 Å². The highest BCUT2D eigenvalue weighted by Gasteiger charge is 2.34. The maximum atomic E-state index is 12.2. The van der Waals surface area contributed by atoms with E-state index in [-0.39, 0.29) is 24.0 Å². The number of hydrogen-bond acceptors (Lipinski definition) is 3. The zero-order chi connectivity index (χ0) is 15.2. The second-order valence-electron chi connectivity index (χ2n) is 5.70. The van der Waals surface area contributed by atoms with Gasteiger partial charge < -0.3 is 14.8 Å². The highest BCUT2D eigenvalue weighted by Crippen LogP contribution is 2.25. The molecule has 1 heterocycles. The summed E-state index contributed by atoms with van der Waals surface area (Å²) in [6.45, 7) is 7.84. The quantitative estimate of drug-likeness (QED) is 0.876. The predicted octanol–water partition coefficient (Wildman–Crippen LogP) is 2.65. The van der Waals surface area contributed by atoms with Crippen molar-refractivity contribution in [3.8, 4) is 0 Å². The molecule has 1 N–H and O–H groups in total. The summed E-state index contributed by atoms with van der Waals surface area (Å²) in [4.78, 5) is 12.2. The van der Waals surface area contributed by atoms with Crippen LogP contribution in [0.4, 0.5) is 0 Å². The van der Waals surface area contributed by atoms with E-state index in [0.29, 0.717) is 19.8 Å². The average Bonchev–Trinajstić information content (AvgIpc) is 2.82. The molecule has 1 aliphatic rings. The molecule has 4 nitrogen and oxygen atoms in total. The normalized spacial score (nSPS) is 25.0. The summed E-state index contributed by atoms with van der Waals surface area (Å²) in [5.41, 5.74) is 2.21. The zero-order valence-corrected chi connectivity index (χ0v) is 13.1. The van der Waals surface area contributed by atoms with E-state index in [4.69, 9.17) is 9.47 Å². The first-order valence-electron chi connectivity index (χ1n) is 7.69. The molecule has 3 atom stereocenters. The fourth-order valence-corrected chi connectivity index (χ4v) is 2.77. The van der Waals surface area contributed by atoms with Crippen molar-refractivity contribution in [1.82, 2.24) is 5.32 Å². The fraction of sp³-hybridized carbons (Fsp3) is 0.588. The Hall–Kier alpha value is -1.39. The van der Waals surface area contributed by atoms with Crippen molar-refractivity contribution in [2.24, 2.45) is 5.92 Å². The zero-order valence-electron chi connectivity index (χ0n) is 13.1. The highest BCUT2D eigenvalue weighted by molar-refractivity contribution is 5.81. The van der Waals surface area contributed by atoms with Gasteiger partial charge in [0.25, 0.3) is 0 Å². The van der Waals surface area contributed by atoms with Crippen LogP contribution in [0.15, 0.2) is 24.3 Å². The van der Waals surface area contributed by atoms with Crippen LogP contribution in [-0.2, 0) is 27.4 Å². The van der Waals surface area contributed by atoms with Crippen molar-refractivity contribution >= 4 is 5.91 Å². The number of ether oxygens (including phenoxy) is 2. The van der Waals surface area contributed by atoms with Gasteiger partial charge in [-0.15, -0.1) is 0 Å². The van der Waals surface area contributed by atoms with E-state index < -0.39 is 0 Å². The molecule has 0 spiro atoms. The number of amides is 1. The average molecular weight is 291 g/mol. The maximum Gasteiger partial charge on any atom is 0.249 e. The minimum Gasteiger partial charge on any atom is -0.377 e. The lowest BCUT2D eigenvalue weighted by atomic mass is 10.0. The molecule has 116 valence electrons. The predicted molar refractivity (Wildman–Crippen MR) is 81.7 cm³/mol. The molecule has 1 fully saturated rings. The van der Waals surface area contributed by atoms with Crippen LogP contribution in [0.1, 0.15) is 38.3 Å². The van der Waals surface area contributed by atoms with E-state index in [2.05, 4.69) is 12.2 Å². The Kier molecular flexibility index (Phi) is 5.76. The van der Waals surface area contributed by atoms with Crippen LogP contribution >= 0.6 is 0 Å². The standard InChI is InChI=1S/C17H25NO3/c1-4-20-11-15-8-6-5-7-14(15)10-18-17(19)16-12(2)9-13(3)21-16/h5-8,12-13,16H,4,9-11H2,1-3H3,(H,18,19)/t12-,13-,16+/m0/s1. The van der Waals surface area contributed by atoms with E-state index in [1.807, 2.05) is 38.1 Å². The van der Waals surface area contributed by atoms with Crippen molar-refractivity contribution in [1.29, 1.82) is 0 Å². The van der Waals surface area contributed by atoms with E-state index >= 15 is 0 Å². The highest BCUT2D eigenvalue weighted by atomic mass is 16.5. The van der Waals surface area contributed by atoms with Gasteiger partial charge in [-0.3, -0.25) is 4.79 Å². The van der Waals surface area contributed by atoms with Gasteiger partial charge in [0, 0.05) is 13.2 Å². The summed E-state index contributed by atoms with van der Waals surface area (Å²) in [6.07, 6.45) is 0.791. The van der Waals surface area contributed by atoms with Crippen LogP contribution in [0.2, 0.25) is 0 Å². The van der Waals surface area contributed by atoms with E-state index in [1.165, 1.54) is 0 Å². The Labute approximate surface area is 126 Å². The summed E-state index contributed by atoms with van der Waals surface area (Å²) in [6, 6.07) is 8.03. The number of benzene rings is 1. The van der Waals surface area contributed by atoms with Gasteiger partial charge in [0.05, 0.1) is 12.7 Å². The first-order chi connectivity index (χ1) is 10.1. The third-order valence-corrected chi connectivity index (χ3v) is 3.89. The lowest BCUT2D eigenvalue weighted by molar-refractivity contribution is -0.133. The molecular weight excluding hydrogens is 266 g/mol. The smallest absolute Gasteiger partial charge is 0.249 e. The molecule has 1 amide bonds. The first-order valence-corrected chi connectivity index (χ1v) is 7.69. The van der Waals surface area contributed by atoms with Crippen molar-refractivity contribution in [3.05, 3.63) is 35.4 Å². The largest absolute Gasteiger partial charge is 0.377 e. The minimum atomic E-state index is -0.320. The topological polar surface area (TPSA) is 47.6 Å². The third kappa shape index (κ3) is 4.29. The summed E-state index contributed by atoms with van der Waals surface area (Å²) in [7, 11) is 0. The molecule has 4 heteroatoms. The van der Waals surface area contributed by atoms with Crippen LogP contribution in [0, 0.1) is 5.92 Å². The monoisotopic (exact) mass is 291 g/mol. The molecule has 1 aromatic carbocycles. The minimum absolute atomic E-state index is 0.0157. The van der Waals surface area contributed by atoms with Gasteiger partial charge >= 0.3 is 0 Å². The van der Waals surface area contributed by atoms with Gasteiger partial charge in [-0.2, -0.15) is 0 Å². The first kappa shape index (κ1) is 16.0. The lowest BCUT2D eigenvalue weighted by Gasteiger charge is -2.16. The van der Waals surface area contributed by atoms with Crippen LogP contribution in [-0.4, -0.2) is 24.7 Å². The van der Waals surface area contributed by atoms with Crippen molar-refractivity contribution in [2.45, 2.75) is 52.6 Å². The molecule has 0 bridgehead atoms. The van der Waals surface area contributed by atoms with Crippen LogP contribution in [0.3, 0.4) is 0 Å². The Bertz CT molecular complexity index is 475. The molecule has 1 saturated heterocycles. The Morgan fingerprint density at radius 1 is 1.33 bits per heavy atom. The van der Waals surface area contributed by atoms with Crippen LogP contribution in [0.25, 0.3) is 0 Å². The summed E-state index contributed by atoms with van der Waals surface area (Å²) >= 11 is 0. The van der Waals surface area contributed by atoms with E-state index in [9.17, 15) is 4.79 Å². The van der Waals surface area contributed by atoms with Crippen LogP contribution < -0.4 is 5.32 Å². The van der Waals surface area contributed by atoms with Gasteiger partial charge in [0.15, 0.2) is 0 Å². The summed E-state index contributed by atoms with van der Waals surface area (Å²) < 4.78 is 11.1. The molecule has 0 aromatic heterocycles. The van der Waals surface area contributed by atoms with Gasteiger partial charge in [0.1, 0.15) is 6.10 Å². The number of carbonyl (C=O) groups is 1. The molecule has 2 rings (SSSR count). The number of nitrogens with one attached hydrogen (secondary N) is 1. The van der Waals surface area contributed by atoms with Crippen LogP contribution in [0.5, 0.6) is 0 Å². The third-order valence-electron chi connectivity index (χ3n) is 3.89. The SMILES string of the molecule is CCOCc1ccccc1CNC(=O)[C@@H]1O[C@@H](C)C[C@@H]1C. The summed E-state index contributed by atoms with van der Waals surface area (Å²) in [5.74, 6) is 0.261. The second kappa shape index (κ2) is 7.57. The Morgan fingerprint density at radius 3 is 2.67 bits per heavy atom. The molecule has 21 heavy (non-hydrogen) atoms. The second-order valence-corrected chi connectivity index (χ2v) is 5.70. The van der Waals surface area contributed by atoms with E-state index in [0.717, 1.165) is 17.5 Å². The molecule has 1 aromatic rings. The Morgan fingerprint density at radius 2 is 2.05 bits per heavy atom. The lowest BCUT2D eigenvalue weighted by Crippen LogP contribution is -2.37. The molecule has 0 radical (unpaired) electrons. The number of hydrogen-bond donors (Lipinski definition) is 1. The van der Waals surface area contributed by atoms with Gasteiger partial charge in [0.2, 0.25) is 5.91 Å². The van der Waals surface area contributed by atoms with Crippen molar-refractivity contribution in [2.75, 3.05) is 6.61 Å². The molecular formula is C17H25NO3. The molecule has 0 saturated carbocycles. The summed E-state index contributed by atoms with van der Waals surface area (Å²) in [5, 5.41) is 2.99. The molecule has 0 unspecified atom stereocenters. The number of carbonyl (C=O) groups excluding carboxylic acids is 1. The van der Waals surface area contributed by atoms with Gasteiger partial charge in [-0.25, -0.2) is 0 Å².